The molecule has 8 nitrogen and oxygen atoms in total. The van der Waals surface area contributed by atoms with Crippen LogP contribution < -0.4 is 5.32 Å². The third kappa shape index (κ3) is 4.87. The van der Waals surface area contributed by atoms with E-state index in [2.05, 4.69) is 22.1 Å². The van der Waals surface area contributed by atoms with Crippen LogP contribution in [0.2, 0.25) is 0 Å². The van der Waals surface area contributed by atoms with Crippen molar-refractivity contribution in [3.05, 3.63) is 97.5 Å². The highest BCUT2D eigenvalue weighted by Gasteiger charge is 2.19. The largest absolute Gasteiger partial charge is 0.469 e. The Bertz CT molecular complexity index is 1490. The fraction of sp³-hybridized carbons (Fsp3) is 0.111. The second kappa shape index (κ2) is 10.5. The van der Waals surface area contributed by atoms with Crippen molar-refractivity contribution in [3.63, 3.8) is 0 Å². The van der Waals surface area contributed by atoms with Gasteiger partial charge in [0.1, 0.15) is 11.6 Å². The number of thioether (sulfide) groups is 1. The van der Waals surface area contributed by atoms with E-state index in [1.54, 1.807) is 17.0 Å². The molecule has 5 aromatic rings. The molecule has 0 atom stereocenters. The van der Waals surface area contributed by atoms with Gasteiger partial charge in [0.25, 0.3) is 0 Å². The number of carbonyl (C=O) groups excluding carboxylic acids is 1. The van der Waals surface area contributed by atoms with Crippen molar-refractivity contribution in [2.45, 2.75) is 18.6 Å². The van der Waals surface area contributed by atoms with Crippen molar-refractivity contribution in [1.82, 2.24) is 24.5 Å². The van der Waals surface area contributed by atoms with Crippen LogP contribution in [-0.2, 0) is 11.3 Å². The number of nitrogens with zero attached hydrogens (tertiary/aromatic N) is 5. The minimum atomic E-state index is -0.175. The van der Waals surface area contributed by atoms with E-state index in [0.29, 0.717) is 23.3 Å². The molecular weight excluding hydrogens is 472 g/mol. The molecule has 0 aliphatic carbocycles. The summed E-state index contributed by atoms with van der Waals surface area (Å²) in [6.45, 7) is 6.23. The summed E-state index contributed by atoms with van der Waals surface area (Å²) in [6, 6.07) is 23.3. The van der Waals surface area contributed by atoms with Crippen molar-refractivity contribution in [2.24, 2.45) is 0 Å². The van der Waals surface area contributed by atoms with Crippen molar-refractivity contribution < 1.29 is 9.21 Å². The topological polar surface area (TPSA) is 90.8 Å². The molecule has 3 heterocycles. The zero-order chi connectivity index (χ0) is 24.9. The number of carbonyl (C=O) groups is 1. The highest BCUT2D eigenvalue weighted by Crippen LogP contribution is 2.28. The van der Waals surface area contributed by atoms with E-state index in [0.717, 1.165) is 28.3 Å². The summed E-state index contributed by atoms with van der Waals surface area (Å²) in [4.78, 5) is 13.0. The quantitative estimate of drug-likeness (QED) is 0.211. The van der Waals surface area contributed by atoms with Gasteiger partial charge in [0.05, 0.1) is 29.0 Å². The van der Waals surface area contributed by atoms with Crippen LogP contribution in [0.15, 0.2) is 101 Å². The number of amides is 1. The van der Waals surface area contributed by atoms with Gasteiger partial charge in [-0.15, -0.1) is 16.8 Å². The molecule has 5 rings (SSSR count). The lowest BCUT2D eigenvalue weighted by Crippen LogP contribution is -2.17. The molecule has 0 unspecified atom stereocenters. The molecule has 2 aromatic carbocycles. The molecule has 0 aliphatic rings. The molecule has 0 saturated heterocycles. The van der Waals surface area contributed by atoms with E-state index >= 15 is 0 Å². The van der Waals surface area contributed by atoms with Gasteiger partial charge in [0, 0.05) is 18.2 Å². The summed E-state index contributed by atoms with van der Waals surface area (Å²) in [6.07, 6.45) is 3.40. The lowest BCUT2D eigenvalue weighted by atomic mass is 10.2. The molecule has 0 bridgehead atoms. The van der Waals surface area contributed by atoms with Crippen LogP contribution in [0.1, 0.15) is 5.76 Å². The number of allylic oxidation sites excluding steroid dienone is 1. The number of hydrogen-bond acceptors (Lipinski definition) is 6. The van der Waals surface area contributed by atoms with Gasteiger partial charge in [0.15, 0.2) is 11.0 Å². The Morgan fingerprint density at radius 2 is 1.83 bits per heavy atom. The SMILES string of the molecule is C=CCn1c(SCC(=O)Nc2cc(-c3ccccc3)nn2-c2ccccc2)nnc1-c1ccoc1C. The van der Waals surface area contributed by atoms with Gasteiger partial charge >= 0.3 is 0 Å². The Morgan fingerprint density at radius 1 is 1.08 bits per heavy atom. The molecule has 0 radical (unpaired) electrons. The second-order valence-electron chi connectivity index (χ2n) is 7.96. The van der Waals surface area contributed by atoms with Crippen LogP contribution in [0.4, 0.5) is 5.82 Å². The van der Waals surface area contributed by atoms with Crippen LogP contribution in [0, 0.1) is 6.92 Å². The van der Waals surface area contributed by atoms with Gasteiger partial charge in [-0.25, -0.2) is 4.68 Å². The van der Waals surface area contributed by atoms with Gasteiger partial charge in [-0.05, 0) is 25.1 Å². The maximum Gasteiger partial charge on any atom is 0.236 e. The molecule has 180 valence electrons. The number of anilines is 1. The highest BCUT2D eigenvalue weighted by atomic mass is 32.2. The summed E-state index contributed by atoms with van der Waals surface area (Å²) in [5.74, 6) is 2.00. The predicted octanol–water partition coefficient (Wildman–Crippen LogP) is 5.62. The van der Waals surface area contributed by atoms with Crippen LogP contribution in [0.25, 0.3) is 28.3 Å². The number of benzene rings is 2. The summed E-state index contributed by atoms with van der Waals surface area (Å²) in [5.41, 5.74) is 3.46. The summed E-state index contributed by atoms with van der Waals surface area (Å²) in [5, 5.41) is 17.0. The number of para-hydroxylation sites is 1. The van der Waals surface area contributed by atoms with Crippen LogP contribution in [0.5, 0.6) is 0 Å². The minimum absolute atomic E-state index is 0.153. The Kier molecular flexibility index (Phi) is 6.81. The molecule has 36 heavy (non-hydrogen) atoms. The number of nitrogens with one attached hydrogen (secondary N) is 1. The lowest BCUT2D eigenvalue weighted by molar-refractivity contribution is -0.113. The van der Waals surface area contributed by atoms with E-state index in [4.69, 9.17) is 9.52 Å². The predicted molar refractivity (Wildman–Crippen MR) is 141 cm³/mol. The highest BCUT2D eigenvalue weighted by molar-refractivity contribution is 7.99. The average molecular weight is 497 g/mol. The summed E-state index contributed by atoms with van der Waals surface area (Å²) >= 11 is 1.31. The second-order valence-corrected chi connectivity index (χ2v) is 8.90. The van der Waals surface area contributed by atoms with E-state index in [-0.39, 0.29) is 11.7 Å². The smallest absolute Gasteiger partial charge is 0.236 e. The third-order valence-electron chi connectivity index (χ3n) is 5.51. The molecule has 0 spiro atoms. The number of rotatable bonds is 9. The maximum atomic E-state index is 13.0. The van der Waals surface area contributed by atoms with Crippen molar-refractivity contribution >= 4 is 23.5 Å². The molecule has 1 amide bonds. The molecule has 0 fully saturated rings. The molecule has 3 aromatic heterocycles. The first-order valence-corrected chi connectivity index (χ1v) is 12.3. The van der Waals surface area contributed by atoms with Crippen LogP contribution >= 0.6 is 11.8 Å². The van der Waals surface area contributed by atoms with Crippen molar-refractivity contribution in [1.29, 1.82) is 0 Å². The Morgan fingerprint density at radius 3 is 2.53 bits per heavy atom. The van der Waals surface area contributed by atoms with Crippen LogP contribution in [-0.4, -0.2) is 36.2 Å². The maximum absolute atomic E-state index is 13.0. The standard InChI is InChI=1S/C27H24N6O2S/c1-3-15-32-26(22-14-16-35-19(22)2)29-30-27(32)36-18-25(34)28-24-17-23(20-10-6-4-7-11-20)31-33(24)21-12-8-5-9-13-21/h3-14,16-17H,1,15,18H2,2H3,(H,28,34). The summed E-state index contributed by atoms with van der Waals surface area (Å²) in [7, 11) is 0. The molecular formula is C27H24N6O2S. The zero-order valence-electron chi connectivity index (χ0n) is 19.7. The molecule has 0 aliphatic heterocycles. The molecule has 0 saturated carbocycles. The van der Waals surface area contributed by atoms with Crippen LogP contribution in [0.3, 0.4) is 0 Å². The van der Waals surface area contributed by atoms with Gasteiger partial charge < -0.3 is 9.73 Å². The Hall–Kier alpha value is -4.37. The number of hydrogen-bond donors (Lipinski definition) is 1. The fourth-order valence-corrected chi connectivity index (χ4v) is 4.55. The first-order valence-electron chi connectivity index (χ1n) is 11.4. The van der Waals surface area contributed by atoms with Gasteiger partial charge in [-0.1, -0.05) is 66.4 Å². The number of aromatic nitrogens is 5. The van der Waals surface area contributed by atoms with Crippen molar-refractivity contribution in [3.8, 4) is 28.3 Å². The summed E-state index contributed by atoms with van der Waals surface area (Å²) < 4.78 is 9.08. The fourth-order valence-electron chi connectivity index (χ4n) is 3.80. The first kappa shape index (κ1) is 23.4. The van der Waals surface area contributed by atoms with Crippen molar-refractivity contribution in [2.75, 3.05) is 11.1 Å². The Labute approximate surface area is 212 Å². The molecule has 1 N–H and O–H groups in total. The third-order valence-corrected chi connectivity index (χ3v) is 6.47. The minimum Gasteiger partial charge on any atom is -0.469 e. The normalized spacial score (nSPS) is 10.9. The monoisotopic (exact) mass is 496 g/mol. The Balaban J connectivity index is 1.36. The van der Waals surface area contributed by atoms with Gasteiger partial charge in [-0.2, -0.15) is 5.10 Å². The zero-order valence-corrected chi connectivity index (χ0v) is 20.5. The molecule has 9 heteroatoms. The number of aryl methyl sites for hydroxylation is 1. The average Bonchev–Trinajstić information content (AvgIpc) is 3.63. The van der Waals surface area contributed by atoms with Gasteiger partial charge in [-0.3, -0.25) is 9.36 Å². The van der Waals surface area contributed by atoms with E-state index in [9.17, 15) is 4.79 Å². The lowest BCUT2D eigenvalue weighted by Gasteiger charge is -2.09. The van der Waals surface area contributed by atoms with E-state index in [1.807, 2.05) is 84.3 Å². The number of furan rings is 1. The van der Waals surface area contributed by atoms with Gasteiger partial charge in [0.2, 0.25) is 5.91 Å². The first-order chi connectivity index (χ1) is 17.6. The van der Waals surface area contributed by atoms with E-state index < -0.39 is 0 Å². The van der Waals surface area contributed by atoms with E-state index in [1.165, 1.54) is 11.8 Å².